The largest absolute Gasteiger partial charge is 0.388 e. The molecule has 14 rings (SSSR count). The smallest absolute Gasteiger partial charge is 0.0707 e. The molecule has 0 bridgehead atoms. The second-order valence-electron chi connectivity index (χ2n) is 25.2. The number of hydrogen-bond donors (Lipinski definition) is 1. The minimum Gasteiger partial charge on any atom is -0.388 e. The van der Waals surface area contributed by atoms with Crippen molar-refractivity contribution >= 4 is 82.5 Å². The summed E-state index contributed by atoms with van der Waals surface area (Å²) in [6.07, 6.45) is 2.19. The summed E-state index contributed by atoms with van der Waals surface area (Å²) in [6.45, 7) is 15.9. The molecular weight excluding hydrogens is 1030 g/mol. The van der Waals surface area contributed by atoms with Gasteiger partial charge in [0.15, 0.2) is 0 Å². The van der Waals surface area contributed by atoms with Gasteiger partial charge in [-0.25, -0.2) is 0 Å². The van der Waals surface area contributed by atoms with E-state index < -0.39 is 0 Å². The van der Waals surface area contributed by atoms with Crippen molar-refractivity contribution < 1.29 is 0 Å². The summed E-state index contributed by atoms with van der Waals surface area (Å²) in [5, 5.41) is 13.3. The summed E-state index contributed by atoms with van der Waals surface area (Å²) < 4.78 is 6.98. The topological polar surface area (TPSA) is 36.5 Å². The predicted octanol–water partition coefficient (Wildman–Crippen LogP) is 19.1. The first-order valence-electron chi connectivity index (χ1n) is 30.1. The van der Waals surface area contributed by atoms with E-state index in [0.717, 1.165) is 12.8 Å². The lowest BCUT2D eigenvalue weighted by Gasteiger charge is -2.19. The van der Waals surface area contributed by atoms with Crippen molar-refractivity contribution in [3.63, 3.8) is 0 Å². The number of para-hydroxylation sites is 4. The van der Waals surface area contributed by atoms with Crippen LogP contribution in [0.2, 0.25) is 0 Å². The van der Waals surface area contributed by atoms with Crippen LogP contribution in [0.4, 0.5) is 17.1 Å². The fourth-order valence-corrected chi connectivity index (χ4v) is 12.4. The van der Waals surface area contributed by atoms with Crippen molar-refractivity contribution in [2.45, 2.75) is 72.1 Å². The average Bonchev–Trinajstić information content (AvgIpc) is 2.07. The second kappa shape index (κ2) is 23.5. The van der Waals surface area contributed by atoms with Crippen LogP contribution < -0.4 is 20.1 Å². The van der Waals surface area contributed by atoms with Gasteiger partial charge in [0, 0.05) is 117 Å². The Morgan fingerprint density at radius 1 is 0.388 bits per heavy atom. The molecule has 0 aliphatic heterocycles. The van der Waals surface area contributed by atoms with E-state index in [9.17, 15) is 0 Å². The zero-order valence-corrected chi connectivity index (χ0v) is 52.4. The molecule has 0 unspecified atom stereocenters. The molecule has 1 aliphatic rings. The molecule has 13 aromatic rings. The zero-order valence-electron chi connectivity index (χ0n) is 52.4. The number of benzene rings is 10. The van der Waals surface area contributed by atoms with E-state index in [1.54, 1.807) is 0 Å². The van der Waals surface area contributed by atoms with Crippen molar-refractivity contribution in [1.29, 1.82) is 0 Å². The molecule has 0 saturated carbocycles. The second-order valence-corrected chi connectivity index (χ2v) is 25.2. The van der Waals surface area contributed by atoms with Crippen molar-refractivity contribution in [2.24, 2.45) is 0 Å². The van der Waals surface area contributed by atoms with Gasteiger partial charge in [-0.2, -0.15) is 0 Å². The number of nitrogens with one attached hydrogen (secondary N) is 1. The van der Waals surface area contributed by atoms with Crippen LogP contribution in [-0.2, 0) is 23.7 Å². The normalized spacial score (nSPS) is 11.9. The standard InChI is InChI=1S/C28H34N2.C20H18N2.C16H17N.C14H14N2/c1-27(2,3)19-9-15-25-23(17-19)24-18-20(28(4,5)6)10-16-26(24)30(25)22-13-11-21(12-14-22)29(7)8;1-21(2)15-11-13-16(14-12-15)22-19-9-5-3-7-17(19)18-8-4-6-10-20(18)22;1-3-11-6-4-7-12-13-8-5-9-16(17-2)15(13)10-14(11)12;1-15(2)16-13-9-5-3-7-11(13)12-8-4-6-10-14(12)16/h9-18H,1-8H3;3-14H,1-2H3;4-9,17H,3,10H2,1-2H3;3-10H,1-2H3. The van der Waals surface area contributed by atoms with Crippen molar-refractivity contribution in [1.82, 2.24) is 13.8 Å². The van der Waals surface area contributed by atoms with Gasteiger partial charge in [-0.15, -0.1) is 0 Å². The highest BCUT2D eigenvalue weighted by molar-refractivity contribution is 6.11. The van der Waals surface area contributed by atoms with Gasteiger partial charge in [-0.05, 0) is 159 Å². The first kappa shape index (κ1) is 57.6. The molecule has 1 N–H and O–H groups in total. The number of anilines is 3. The van der Waals surface area contributed by atoms with Crippen LogP contribution in [0, 0.1) is 0 Å². The lowest BCUT2D eigenvalue weighted by atomic mass is 9.85. The van der Waals surface area contributed by atoms with Crippen LogP contribution in [0.15, 0.2) is 218 Å². The molecule has 3 aromatic heterocycles. The quantitative estimate of drug-likeness (QED) is 0.173. The number of aromatic nitrogens is 3. The number of aryl methyl sites for hydroxylation is 1. The Labute approximate surface area is 504 Å². The third-order valence-corrected chi connectivity index (χ3v) is 17.0. The van der Waals surface area contributed by atoms with Gasteiger partial charge in [0.2, 0.25) is 0 Å². The molecule has 0 spiro atoms. The molecular formula is C78H83N7. The van der Waals surface area contributed by atoms with Gasteiger partial charge in [-0.1, -0.05) is 164 Å². The Bertz CT molecular complexity index is 4280. The molecule has 3 heterocycles. The minimum atomic E-state index is 0.123. The summed E-state index contributed by atoms with van der Waals surface area (Å²) in [5.41, 5.74) is 23.9. The summed E-state index contributed by atoms with van der Waals surface area (Å²) >= 11 is 0. The average molecular weight is 1120 g/mol. The Hall–Kier alpha value is -9.20. The van der Waals surface area contributed by atoms with Gasteiger partial charge in [0.25, 0.3) is 0 Å². The van der Waals surface area contributed by atoms with Gasteiger partial charge < -0.3 is 29.3 Å². The third-order valence-electron chi connectivity index (χ3n) is 17.0. The molecule has 0 saturated heterocycles. The summed E-state index contributed by atoms with van der Waals surface area (Å²) in [5.74, 6) is 0. The molecule has 1 aliphatic carbocycles. The molecule has 85 heavy (non-hydrogen) atoms. The number of rotatable bonds is 7. The summed E-state index contributed by atoms with van der Waals surface area (Å²) in [6, 6.07) is 79.0. The van der Waals surface area contributed by atoms with E-state index in [1.165, 1.54) is 133 Å². The van der Waals surface area contributed by atoms with E-state index in [4.69, 9.17) is 0 Å². The van der Waals surface area contributed by atoms with Crippen LogP contribution in [0.25, 0.3) is 87.9 Å². The molecule has 0 fully saturated rings. The highest BCUT2D eigenvalue weighted by atomic mass is 15.5. The zero-order chi connectivity index (χ0) is 59.9. The Balaban J connectivity index is 0.000000122. The third kappa shape index (κ3) is 11.1. The molecule has 10 aromatic carbocycles. The molecule has 0 atom stereocenters. The lowest BCUT2D eigenvalue weighted by molar-refractivity contribution is 0.590. The Kier molecular flexibility index (Phi) is 15.9. The van der Waals surface area contributed by atoms with Gasteiger partial charge >= 0.3 is 0 Å². The van der Waals surface area contributed by atoms with Gasteiger partial charge in [0.05, 0.1) is 33.1 Å². The summed E-state index contributed by atoms with van der Waals surface area (Å²) in [7, 11) is 14.4. The highest BCUT2D eigenvalue weighted by Crippen LogP contribution is 2.42. The van der Waals surface area contributed by atoms with Gasteiger partial charge in [-0.3, -0.25) is 4.68 Å². The fourth-order valence-electron chi connectivity index (χ4n) is 12.4. The molecule has 430 valence electrons. The highest BCUT2D eigenvalue weighted by Gasteiger charge is 2.24. The maximum atomic E-state index is 3.30. The maximum Gasteiger partial charge on any atom is 0.0707 e. The van der Waals surface area contributed by atoms with E-state index in [1.807, 2.05) is 7.05 Å². The van der Waals surface area contributed by atoms with Crippen LogP contribution in [-0.4, -0.2) is 63.1 Å². The monoisotopic (exact) mass is 1120 g/mol. The number of nitrogens with zero attached hydrogens (tertiary/aromatic N) is 6. The van der Waals surface area contributed by atoms with E-state index in [2.05, 4.69) is 343 Å². The van der Waals surface area contributed by atoms with Crippen molar-refractivity contribution in [3.8, 4) is 22.5 Å². The maximum absolute atomic E-state index is 3.30. The SMILES string of the molecule is CCc1cccc2c1Cc1c(NC)cccc1-2.CN(C)c1ccc(-n2c3ccc(C(C)(C)C)cc3c3cc(C(C)(C)C)ccc32)cc1.CN(C)c1ccc(-n2c3ccccc3c3ccccc32)cc1.CN(C)n1c2ccccc2c2ccccc21. The molecule has 0 amide bonds. The van der Waals surface area contributed by atoms with Crippen molar-refractivity contribution in [2.75, 3.05) is 69.5 Å². The lowest BCUT2D eigenvalue weighted by Crippen LogP contribution is -2.24. The molecule has 0 radical (unpaired) electrons. The fraction of sp³-hybridized carbons (Fsp3) is 0.231. The van der Waals surface area contributed by atoms with Crippen LogP contribution in [0.1, 0.15) is 76.3 Å². The first-order valence-corrected chi connectivity index (χ1v) is 30.1. The minimum absolute atomic E-state index is 0.123. The number of hydrogen-bond acceptors (Lipinski definition) is 4. The molecule has 7 heteroatoms. The van der Waals surface area contributed by atoms with Crippen LogP contribution in [0.5, 0.6) is 0 Å². The number of fused-ring (bicyclic) bond motifs is 12. The predicted molar refractivity (Wildman–Crippen MR) is 371 cm³/mol. The van der Waals surface area contributed by atoms with Crippen LogP contribution >= 0.6 is 0 Å². The summed E-state index contributed by atoms with van der Waals surface area (Å²) in [4.78, 5) is 4.26. The van der Waals surface area contributed by atoms with Gasteiger partial charge in [0.1, 0.15) is 0 Å². The Morgan fingerprint density at radius 3 is 1.15 bits per heavy atom. The molecule has 7 nitrogen and oxygen atoms in total. The first-order chi connectivity index (χ1) is 40.9. The van der Waals surface area contributed by atoms with Crippen LogP contribution in [0.3, 0.4) is 0 Å². The van der Waals surface area contributed by atoms with Crippen molar-refractivity contribution in [3.05, 3.63) is 246 Å². The van der Waals surface area contributed by atoms with E-state index in [-0.39, 0.29) is 10.8 Å². The van der Waals surface area contributed by atoms with E-state index in [0.29, 0.717) is 0 Å². The Morgan fingerprint density at radius 2 is 0.765 bits per heavy atom. The van der Waals surface area contributed by atoms with E-state index >= 15 is 0 Å².